The van der Waals surface area contributed by atoms with E-state index in [1.54, 1.807) is 18.4 Å². The summed E-state index contributed by atoms with van der Waals surface area (Å²) in [5.74, 6) is 0. The molecule has 0 aliphatic carbocycles. The van der Waals surface area contributed by atoms with Crippen molar-refractivity contribution in [2.75, 3.05) is 51.3 Å². The van der Waals surface area contributed by atoms with Gasteiger partial charge in [0, 0.05) is 83.3 Å². The average Bonchev–Trinajstić information content (AvgIpc) is 3.21. The maximum atomic E-state index is 12.9. The van der Waals surface area contributed by atoms with Crippen LogP contribution in [-0.2, 0) is 4.74 Å². The van der Waals surface area contributed by atoms with Crippen LogP contribution >= 0.6 is 11.3 Å². The van der Waals surface area contributed by atoms with Crippen molar-refractivity contribution in [2.24, 2.45) is 0 Å². The number of piperazine rings is 1. The van der Waals surface area contributed by atoms with E-state index in [4.69, 9.17) is 9.15 Å². The summed E-state index contributed by atoms with van der Waals surface area (Å²) in [6, 6.07) is 12.2. The van der Waals surface area contributed by atoms with Crippen molar-refractivity contribution in [1.82, 2.24) is 9.88 Å². The second kappa shape index (κ2) is 8.65. The van der Waals surface area contributed by atoms with E-state index in [0.29, 0.717) is 11.1 Å². The first-order valence-corrected chi connectivity index (χ1v) is 11.8. The topological polar surface area (TPSA) is 58.8 Å². The van der Waals surface area contributed by atoms with Gasteiger partial charge >= 0.3 is 5.63 Å². The number of aromatic nitrogens is 1. The first-order chi connectivity index (χ1) is 15.5. The molecule has 1 aromatic carbocycles. The molecule has 4 aromatic rings. The van der Waals surface area contributed by atoms with Gasteiger partial charge in [-0.1, -0.05) is 0 Å². The summed E-state index contributed by atoms with van der Waals surface area (Å²) >= 11 is 1.61. The van der Waals surface area contributed by atoms with Gasteiger partial charge in [-0.3, -0.25) is 9.88 Å². The molecule has 0 atom stereocenters. The van der Waals surface area contributed by atoms with Crippen molar-refractivity contribution >= 4 is 38.1 Å². The fraction of sp³-hybridized carbons (Fsp3) is 0.360. The summed E-state index contributed by atoms with van der Waals surface area (Å²) in [6.45, 7) is 9.64. The fourth-order valence-electron chi connectivity index (χ4n) is 4.39. The Morgan fingerprint density at radius 3 is 2.69 bits per heavy atom. The molecule has 0 amide bonds. The maximum absolute atomic E-state index is 12.9. The van der Waals surface area contributed by atoms with Crippen LogP contribution in [0, 0.1) is 13.8 Å². The van der Waals surface area contributed by atoms with Gasteiger partial charge in [0.15, 0.2) is 0 Å². The molecule has 0 spiro atoms. The van der Waals surface area contributed by atoms with E-state index in [2.05, 4.69) is 39.0 Å². The standard InChI is InChI=1S/C25H27N3O3S/c1-16-12-23-20(17(2)26-16)15-24(32-23)21-13-18-4-5-19(14-22(18)31-25(21)29)28-8-6-27(7-9-28)10-11-30-3/h4-5,12-15H,6-11H2,1-3H3. The van der Waals surface area contributed by atoms with E-state index in [1.165, 1.54) is 0 Å². The molecule has 1 aliphatic rings. The Hall–Kier alpha value is -2.74. The van der Waals surface area contributed by atoms with Crippen molar-refractivity contribution in [3.05, 3.63) is 58.2 Å². The fourth-order valence-corrected chi connectivity index (χ4v) is 5.60. The lowest BCUT2D eigenvalue weighted by Crippen LogP contribution is -2.47. The van der Waals surface area contributed by atoms with Crippen LogP contribution in [0.15, 0.2) is 45.6 Å². The number of pyridine rings is 1. The lowest BCUT2D eigenvalue weighted by molar-refractivity contribution is 0.144. The quantitative estimate of drug-likeness (QED) is 0.420. The average molecular weight is 450 g/mol. The lowest BCUT2D eigenvalue weighted by Gasteiger charge is -2.36. The molecule has 0 radical (unpaired) electrons. The van der Waals surface area contributed by atoms with Crippen molar-refractivity contribution < 1.29 is 9.15 Å². The number of anilines is 1. The third kappa shape index (κ3) is 4.03. The molecular formula is C25H27N3O3S. The molecular weight excluding hydrogens is 422 g/mol. The summed E-state index contributed by atoms with van der Waals surface area (Å²) < 4.78 is 12.1. The van der Waals surface area contributed by atoms with Gasteiger partial charge in [0.05, 0.1) is 12.2 Å². The van der Waals surface area contributed by atoms with E-state index in [0.717, 1.165) is 76.8 Å². The molecule has 166 valence electrons. The highest BCUT2D eigenvalue weighted by Crippen LogP contribution is 2.35. The highest BCUT2D eigenvalue weighted by Gasteiger charge is 2.18. The molecule has 7 heteroatoms. The Labute approximate surface area is 191 Å². The van der Waals surface area contributed by atoms with Crippen molar-refractivity contribution in [3.8, 4) is 10.4 Å². The largest absolute Gasteiger partial charge is 0.422 e. The molecule has 0 saturated carbocycles. The Kier molecular flexibility index (Phi) is 5.71. The van der Waals surface area contributed by atoms with E-state index < -0.39 is 0 Å². The zero-order valence-electron chi connectivity index (χ0n) is 18.7. The van der Waals surface area contributed by atoms with E-state index in [-0.39, 0.29) is 5.63 Å². The minimum atomic E-state index is -0.298. The van der Waals surface area contributed by atoms with Crippen LogP contribution in [0.25, 0.3) is 31.5 Å². The van der Waals surface area contributed by atoms with Crippen LogP contribution in [-0.4, -0.2) is 56.3 Å². The number of hydrogen-bond acceptors (Lipinski definition) is 7. The smallest absolute Gasteiger partial charge is 0.345 e. The third-order valence-corrected chi connectivity index (χ3v) is 7.28. The van der Waals surface area contributed by atoms with E-state index in [9.17, 15) is 4.79 Å². The highest BCUT2D eigenvalue weighted by molar-refractivity contribution is 7.22. The Bertz CT molecular complexity index is 1340. The van der Waals surface area contributed by atoms with Gasteiger partial charge in [-0.2, -0.15) is 0 Å². The number of ether oxygens (including phenoxy) is 1. The van der Waals surface area contributed by atoms with Gasteiger partial charge < -0.3 is 14.1 Å². The van der Waals surface area contributed by atoms with Crippen molar-refractivity contribution in [2.45, 2.75) is 13.8 Å². The summed E-state index contributed by atoms with van der Waals surface area (Å²) in [6.07, 6.45) is 0. The first-order valence-electron chi connectivity index (χ1n) is 10.9. The second-order valence-electron chi connectivity index (χ2n) is 8.36. The van der Waals surface area contributed by atoms with Gasteiger partial charge in [0.25, 0.3) is 0 Å². The Morgan fingerprint density at radius 1 is 1.09 bits per heavy atom. The molecule has 6 nitrogen and oxygen atoms in total. The van der Waals surface area contributed by atoms with Crippen LogP contribution in [0.2, 0.25) is 0 Å². The predicted molar refractivity (Wildman–Crippen MR) is 131 cm³/mol. The number of nitrogens with zero attached hydrogens (tertiary/aromatic N) is 3. The molecule has 5 rings (SSSR count). The molecule has 0 bridgehead atoms. The van der Waals surface area contributed by atoms with Crippen molar-refractivity contribution in [1.29, 1.82) is 0 Å². The number of fused-ring (bicyclic) bond motifs is 2. The highest BCUT2D eigenvalue weighted by atomic mass is 32.1. The molecule has 0 unspecified atom stereocenters. The number of rotatable bonds is 5. The van der Waals surface area contributed by atoms with E-state index in [1.807, 2.05) is 26.0 Å². The van der Waals surface area contributed by atoms with Gasteiger partial charge in [-0.25, -0.2) is 4.79 Å². The third-order valence-electron chi connectivity index (χ3n) is 6.17. The number of methoxy groups -OCH3 is 1. The van der Waals surface area contributed by atoms with Crippen LogP contribution in [0.4, 0.5) is 5.69 Å². The molecule has 1 fully saturated rings. The van der Waals surface area contributed by atoms with Crippen LogP contribution in [0.3, 0.4) is 0 Å². The molecule has 4 heterocycles. The maximum Gasteiger partial charge on any atom is 0.345 e. The minimum Gasteiger partial charge on any atom is -0.422 e. The second-order valence-corrected chi connectivity index (χ2v) is 9.45. The monoisotopic (exact) mass is 449 g/mol. The minimum absolute atomic E-state index is 0.298. The van der Waals surface area contributed by atoms with Gasteiger partial charge in [0.2, 0.25) is 0 Å². The zero-order valence-corrected chi connectivity index (χ0v) is 19.5. The number of hydrogen-bond donors (Lipinski definition) is 0. The summed E-state index contributed by atoms with van der Waals surface area (Å²) in [4.78, 5) is 23.1. The van der Waals surface area contributed by atoms with Crippen molar-refractivity contribution in [3.63, 3.8) is 0 Å². The Balaban J connectivity index is 1.43. The zero-order chi connectivity index (χ0) is 22.2. The molecule has 1 saturated heterocycles. The van der Waals surface area contributed by atoms with Gasteiger partial charge in [-0.05, 0) is 44.2 Å². The normalized spacial score (nSPS) is 15.2. The summed E-state index contributed by atoms with van der Waals surface area (Å²) in [7, 11) is 1.74. The SMILES string of the molecule is COCCN1CCN(c2ccc3cc(-c4cc5c(C)nc(C)cc5s4)c(=O)oc3c2)CC1. The molecule has 3 aromatic heterocycles. The molecule has 1 aliphatic heterocycles. The van der Waals surface area contributed by atoms with Crippen LogP contribution in [0.5, 0.6) is 0 Å². The van der Waals surface area contributed by atoms with Crippen LogP contribution < -0.4 is 10.5 Å². The summed E-state index contributed by atoms with van der Waals surface area (Å²) in [5.41, 5.74) is 4.01. The number of benzene rings is 1. The van der Waals surface area contributed by atoms with Gasteiger partial charge in [0.1, 0.15) is 5.58 Å². The van der Waals surface area contributed by atoms with E-state index >= 15 is 0 Å². The summed E-state index contributed by atoms with van der Waals surface area (Å²) in [5, 5.41) is 2.03. The lowest BCUT2D eigenvalue weighted by atomic mass is 10.1. The van der Waals surface area contributed by atoms with Gasteiger partial charge in [-0.15, -0.1) is 11.3 Å². The molecule has 32 heavy (non-hydrogen) atoms. The number of thiophene rings is 1. The number of aryl methyl sites for hydroxylation is 2. The molecule has 0 N–H and O–H groups in total. The Morgan fingerprint density at radius 2 is 1.91 bits per heavy atom. The first kappa shape index (κ1) is 21.1. The van der Waals surface area contributed by atoms with Crippen LogP contribution in [0.1, 0.15) is 11.4 Å². The predicted octanol–water partition coefficient (Wildman–Crippen LogP) is 4.45.